The van der Waals surface area contributed by atoms with E-state index in [9.17, 15) is 22.0 Å². The first-order valence-electron chi connectivity index (χ1n) is 5.89. The van der Waals surface area contributed by atoms with E-state index in [1.165, 1.54) is 6.92 Å². The van der Waals surface area contributed by atoms with Gasteiger partial charge < -0.3 is 5.11 Å². The molecule has 0 aliphatic heterocycles. The van der Waals surface area contributed by atoms with E-state index in [4.69, 9.17) is 5.11 Å². The van der Waals surface area contributed by atoms with E-state index in [0.717, 1.165) is 6.07 Å². The third-order valence-corrected chi connectivity index (χ3v) is 4.16. The molecule has 0 spiro atoms. The number of sulfonamides is 1. The van der Waals surface area contributed by atoms with Crippen LogP contribution < -0.4 is 4.72 Å². The molecule has 0 bridgehead atoms. The summed E-state index contributed by atoms with van der Waals surface area (Å²) in [5.41, 5.74) is -0.0372. The fourth-order valence-electron chi connectivity index (χ4n) is 1.61. The molecular formula is C12H15F2NO4S. The Bertz CT molecular complexity index is 616. The first kappa shape index (κ1) is 16.5. The Morgan fingerprint density at radius 3 is 2.45 bits per heavy atom. The summed E-state index contributed by atoms with van der Waals surface area (Å²) in [4.78, 5) is 10.0. The van der Waals surface area contributed by atoms with Crippen molar-refractivity contribution >= 4 is 16.0 Å². The number of aliphatic carboxylic acids is 1. The molecule has 0 aliphatic carbocycles. The van der Waals surface area contributed by atoms with Crippen molar-refractivity contribution in [2.24, 2.45) is 0 Å². The van der Waals surface area contributed by atoms with Gasteiger partial charge in [-0.15, -0.1) is 0 Å². The van der Waals surface area contributed by atoms with Gasteiger partial charge in [0.1, 0.15) is 22.6 Å². The number of carboxylic acids is 1. The third kappa shape index (κ3) is 3.73. The zero-order chi connectivity index (χ0) is 15.5. The van der Waals surface area contributed by atoms with Gasteiger partial charge in [0.05, 0.1) is 0 Å². The van der Waals surface area contributed by atoms with Crippen LogP contribution in [0.2, 0.25) is 0 Å². The second-order valence-electron chi connectivity index (χ2n) is 4.33. The van der Waals surface area contributed by atoms with Crippen LogP contribution in [0, 0.1) is 18.6 Å². The topological polar surface area (TPSA) is 83.5 Å². The van der Waals surface area contributed by atoms with E-state index in [0.29, 0.717) is 12.5 Å². The predicted molar refractivity (Wildman–Crippen MR) is 67.7 cm³/mol. The van der Waals surface area contributed by atoms with Crippen molar-refractivity contribution in [1.29, 1.82) is 0 Å². The lowest BCUT2D eigenvalue weighted by atomic mass is 10.2. The van der Waals surface area contributed by atoms with E-state index in [1.807, 2.05) is 4.72 Å². The molecule has 0 saturated heterocycles. The maximum absolute atomic E-state index is 13.6. The zero-order valence-electron chi connectivity index (χ0n) is 11.0. The van der Waals surface area contributed by atoms with Gasteiger partial charge in [-0.25, -0.2) is 17.2 Å². The SMILES string of the molecule is CCCC(NS(=O)(=O)c1cc(F)c(C)cc1F)C(=O)O. The van der Waals surface area contributed by atoms with Gasteiger partial charge in [-0.05, 0) is 31.0 Å². The number of nitrogens with one attached hydrogen (secondary N) is 1. The average molecular weight is 307 g/mol. The molecule has 20 heavy (non-hydrogen) atoms. The molecule has 0 fully saturated rings. The highest BCUT2D eigenvalue weighted by atomic mass is 32.2. The van der Waals surface area contributed by atoms with Crippen LogP contribution in [0.5, 0.6) is 0 Å². The summed E-state index contributed by atoms with van der Waals surface area (Å²) >= 11 is 0. The normalized spacial score (nSPS) is 13.2. The lowest BCUT2D eigenvalue weighted by molar-refractivity contribution is -0.139. The molecule has 8 heteroatoms. The van der Waals surface area contributed by atoms with Crippen LogP contribution in [0.15, 0.2) is 17.0 Å². The molecule has 1 aromatic carbocycles. The molecule has 112 valence electrons. The Labute approximate surface area is 115 Å². The minimum atomic E-state index is -4.44. The molecule has 1 unspecified atom stereocenters. The van der Waals surface area contributed by atoms with Gasteiger partial charge in [-0.2, -0.15) is 4.72 Å². The van der Waals surface area contributed by atoms with Crippen molar-refractivity contribution in [2.45, 2.75) is 37.6 Å². The Morgan fingerprint density at radius 2 is 1.95 bits per heavy atom. The summed E-state index contributed by atoms with van der Waals surface area (Å²) in [5.74, 6) is -3.38. The van der Waals surface area contributed by atoms with Crippen LogP contribution in [0.4, 0.5) is 8.78 Å². The number of hydrogen-bond donors (Lipinski definition) is 2. The summed E-state index contributed by atoms with van der Waals surface area (Å²) in [5, 5.41) is 8.89. The second-order valence-corrected chi connectivity index (χ2v) is 6.02. The maximum Gasteiger partial charge on any atom is 0.321 e. The van der Waals surface area contributed by atoms with E-state index >= 15 is 0 Å². The standard InChI is InChI=1S/C12H15F2NO4S/c1-3-4-10(12(16)17)15-20(18,19)11-6-8(13)7(2)5-9(11)14/h5-6,10,15H,3-4H2,1-2H3,(H,16,17). The Kier molecular flexibility index (Phi) is 5.18. The fourth-order valence-corrected chi connectivity index (χ4v) is 2.90. The average Bonchev–Trinajstić information content (AvgIpc) is 2.32. The Morgan fingerprint density at radius 1 is 1.35 bits per heavy atom. The van der Waals surface area contributed by atoms with Gasteiger partial charge in [0.2, 0.25) is 10.0 Å². The van der Waals surface area contributed by atoms with Crippen LogP contribution in [0.3, 0.4) is 0 Å². The van der Waals surface area contributed by atoms with Gasteiger partial charge in [-0.1, -0.05) is 13.3 Å². The van der Waals surface area contributed by atoms with E-state index < -0.39 is 38.6 Å². The number of carbonyl (C=O) groups is 1. The highest BCUT2D eigenvalue weighted by Gasteiger charge is 2.27. The molecule has 0 saturated carbocycles. The number of halogens is 2. The first-order chi connectivity index (χ1) is 9.19. The van der Waals surface area contributed by atoms with Crippen molar-refractivity contribution in [3.63, 3.8) is 0 Å². The fraction of sp³-hybridized carbons (Fsp3) is 0.417. The minimum Gasteiger partial charge on any atom is -0.480 e. The van der Waals surface area contributed by atoms with Gasteiger partial charge in [-0.3, -0.25) is 4.79 Å². The summed E-state index contributed by atoms with van der Waals surface area (Å²) in [7, 11) is -4.44. The summed E-state index contributed by atoms with van der Waals surface area (Å²) in [6.45, 7) is 2.97. The van der Waals surface area contributed by atoms with Crippen molar-refractivity contribution in [2.75, 3.05) is 0 Å². The lowest BCUT2D eigenvalue weighted by Crippen LogP contribution is -2.40. The highest BCUT2D eigenvalue weighted by Crippen LogP contribution is 2.19. The van der Waals surface area contributed by atoms with Crippen molar-refractivity contribution in [3.05, 3.63) is 29.3 Å². The number of aryl methyl sites for hydroxylation is 1. The monoisotopic (exact) mass is 307 g/mol. The van der Waals surface area contributed by atoms with Gasteiger partial charge >= 0.3 is 5.97 Å². The Hall–Kier alpha value is -1.54. The number of carboxylic acid groups (broad SMARTS) is 1. The molecule has 5 nitrogen and oxygen atoms in total. The second kappa shape index (κ2) is 6.27. The molecule has 0 heterocycles. The van der Waals surface area contributed by atoms with Crippen molar-refractivity contribution < 1.29 is 27.1 Å². The molecule has 0 aromatic heterocycles. The van der Waals surface area contributed by atoms with Crippen molar-refractivity contribution in [3.8, 4) is 0 Å². The number of hydrogen-bond acceptors (Lipinski definition) is 3. The smallest absolute Gasteiger partial charge is 0.321 e. The predicted octanol–water partition coefficient (Wildman–Crippen LogP) is 1.80. The minimum absolute atomic E-state index is 0.0372. The maximum atomic E-state index is 13.6. The van der Waals surface area contributed by atoms with E-state index in [2.05, 4.69) is 0 Å². The molecule has 0 aliphatic rings. The zero-order valence-corrected chi connectivity index (χ0v) is 11.8. The summed E-state index contributed by atoms with van der Waals surface area (Å²) < 4.78 is 52.7. The Balaban J connectivity index is 3.17. The molecule has 0 amide bonds. The quantitative estimate of drug-likeness (QED) is 0.839. The molecule has 1 rings (SSSR count). The summed E-state index contributed by atoms with van der Waals surface area (Å²) in [6.07, 6.45) is 0.467. The van der Waals surface area contributed by atoms with Crippen molar-refractivity contribution in [1.82, 2.24) is 4.72 Å². The van der Waals surface area contributed by atoms with E-state index in [-0.39, 0.29) is 12.0 Å². The van der Waals surface area contributed by atoms with Gasteiger partial charge in [0.25, 0.3) is 0 Å². The number of benzene rings is 1. The van der Waals surface area contributed by atoms with Crippen LogP contribution >= 0.6 is 0 Å². The molecule has 2 N–H and O–H groups in total. The largest absolute Gasteiger partial charge is 0.480 e. The molecular weight excluding hydrogens is 292 g/mol. The molecule has 1 aromatic rings. The van der Waals surface area contributed by atoms with Crippen LogP contribution in [0.25, 0.3) is 0 Å². The number of rotatable bonds is 6. The van der Waals surface area contributed by atoms with Crippen LogP contribution in [-0.2, 0) is 14.8 Å². The lowest BCUT2D eigenvalue weighted by Gasteiger charge is -2.14. The van der Waals surface area contributed by atoms with Gasteiger partial charge in [0, 0.05) is 0 Å². The summed E-state index contributed by atoms with van der Waals surface area (Å²) in [6, 6.07) is -0.0917. The molecule has 0 radical (unpaired) electrons. The third-order valence-electron chi connectivity index (χ3n) is 2.68. The van der Waals surface area contributed by atoms with E-state index in [1.54, 1.807) is 6.92 Å². The first-order valence-corrected chi connectivity index (χ1v) is 7.38. The molecule has 1 atom stereocenters. The van der Waals surface area contributed by atoms with Crippen LogP contribution in [0.1, 0.15) is 25.3 Å². The van der Waals surface area contributed by atoms with Crippen LogP contribution in [-0.4, -0.2) is 25.5 Å². The van der Waals surface area contributed by atoms with Gasteiger partial charge in [0.15, 0.2) is 0 Å². The highest BCUT2D eigenvalue weighted by molar-refractivity contribution is 7.89.